The van der Waals surface area contributed by atoms with E-state index in [0.717, 1.165) is 18.4 Å². The summed E-state index contributed by atoms with van der Waals surface area (Å²) in [5.41, 5.74) is 0.783. The fraction of sp³-hybridized carbons (Fsp3) is 0.562. The lowest BCUT2D eigenvalue weighted by Gasteiger charge is -2.29. The van der Waals surface area contributed by atoms with Crippen molar-refractivity contribution in [2.24, 2.45) is 0 Å². The normalized spacial score (nSPS) is 19.7. The van der Waals surface area contributed by atoms with Crippen molar-refractivity contribution >= 4 is 38.9 Å². The van der Waals surface area contributed by atoms with Gasteiger partial charge in [0.1, 0.15) is 0 Å². The fourth-order valence-corrected chi connectivity index (χ4v) is 4.95. The molecule has 128 valence electrons. The van der Waals surface area contributed by atoms with Crippen LogP contribution in [-0.4, -0.2) is 36.8 Å². The molecule has 1 aromatic rings. The van der Waals surface area contributed by atoms with Gasteiger partial charge in [0.2, 0.25) is 5.91 Å². The fourth-order valence-electron chi connectivity index (χ4n) is 2.75. The van der Waals surface area contributed by atoms with Crippen LogP contribution in [0.3, 0.4) is 0 Å². The monoisotopic (exact) mass is 377 g/mol. The predicted octanol–water partition coefficient (Wildman–Crippen LogP) is 3.70. The number of sulfone groups is 1. The van der Waals surface area contributed by atoms with Gasteiger partial charge in [-0.15, -0.1) is 0 Å². The summed E-state index contributed by atoms with van der Waals surface area (Å²) in [5.74, 6) is 0.166. The van der Waals surface area contributed by atoms with Crippen molar-refractivity contribution in [2.45, 2.75) is 45.2 Å². The SMILES string of the molecule is CCCCC(=O)N(Cc1ccc(Cl)cc1Cl)C1CCS(=O)(=O)C1. The van der Waals surface area contributed by atoms with Crippen LogP contribution in [-0.2, 0) is 21.2 Å². The van der Waals surface area contributed by atoms with Gasteiger partial charge in [0.05, 0.1) is 11.5 Å². The van der Waals surface area contributed by atoms with Crippen molar-refractivity contribution in [2.75, 3.05) is 11.5 Å². The molecule has 0 bridgehead atoms. The third-order valence-electron chi connectivity index (χ3n) is 4.07. The summed E-state index contributed by atoms with van der Waals surface area (Å²) in [6.07, 6.45) is 2.64. The lowest BCUT2D eigenvalue weighted by atomic mass is 10.1. The zero-order valence-electron chi connectivity index (χ0n) is 13.1. The topological polar surface area (TPSA) is 54.5 Å². The summed E-state index contributed by atoms with van der Waals surface area (Å²) >= 11 is 12.1. The number of carbonyl (C=O) groups excluding carboxylic acids is 1. The molecule has 0 aliphatic carbocycles. The second-order valence-electron chi connectivity index (χ2n) is 5.92. The zero-order chi connectivity index (χ0) is 17.0. The maximum absolute atomic E-state index is 12.5. The molecule has 1 unspecified atom stereocenters. The number of hydrogen-bond donors (Lipinski definition) is 0. The van der Waals surface area contributed by atoms with Gasteiger partial charge in [-0.05, 0) is 30.5 Å². The Balaban J connectivity index is 2.21. The van der Waals surface area contributed by atoms with E-state index in [1.54, 1.807) is 23.1 Å². The van der Waals surface area contributed by atoms with Crippen LogP contribution in [0, 0.1) is 0 Å². The summed E-state index contributed by atoms with van der Waals surface area (Å²) in [6, 6.07) is 4.88. The Morgan fingerprint density at radius 2 is 2.09 bits per heavy atom. The molecule has 0 saturated carbocycles. The molecule has 1 aromatic carbocycles. The molecular formula is C16H21Cl2NO3S. The van der Waals surface area contributed by atoms with Gasteiger partial charge in [0, 0.05) is 29.1 Å². The minimum atomic E-state index is -3.05. The number of benzene rings is 1. The van der Waals surface area contributed by atoms with Crippen LogP contribution in [0.1, 0.15) is 38.2 Å². The van der Waals surface area contributed by atoms with Gasteiger partial charge < -0.3 is 4.90 Å². The van der Waals surface area contributed by atoms with Gasteiger partial charge in [-0.1, -0.05) is 42.6 Å². The maximum Gasteiger partial charge on any atom is 0.223 e. The van der Waals surface area contributed by atoms with Crippen LogP contribution in [0.4, 0.5) is 0 Å². The molecule has 0 radical (unpaired) electrons. The van der Waals surface area contributed by atoms with Gasteiger partial charge >= 0.3 is 0 Å². The number of nitrogens with zero attached hydrogens (tertiary/aromatic N) is 1. The lowest BCUT2D eigenvalue weighted by molar-refractivity contribution is -0.133. The first-order valence-corrected chi connectivity index (χ1v) is 10.3. The van der Waals surface area contributed by atoms with Gasteiger partial charge in [-0.25, -0.2) is 8.42 Å². The largest absolute Gasteiger partial charge is 0.334 e. The molecule has 0 aromatic heterocycles. The lowest BCUT2D eigenvalue weighted by Crippen LogP contribution is -2.40. The molecule has 23 heavy (non-hydrogen) atoms. The molecule has 1 saturated heterocycles. The maximum atomic E-state index is 12.5. The molecule has 1 aliphatic heterocycles. The smallest absolute Gasteiger partial charge is 0.223 e. The van der Waals surface area contributed by atoms with E-state index < -0.39 is 9.84 Å². The highest BCUT2D eigenvalue weighted by Gasteiger charge is 2.34. The first-order chi connectivity index (χ1) is 10.8. The first kappa shape index (κ1) is 18.6. The Kier molecular flexibility index (Phi) is 6.34. The van der Waals surface area contributed by atoms with Gasteiger partial charge in [0.15, 0.2) is 9.84 Å². The average molecular weight is 378 g/mol. The van der Waals surface area contributed by atoms with Crippen molar-refractivity contribution in [3.05, 3.63) is 33.8 Å². The highest BCUT2D eigenvalue weighted by molar-refractivity contribution is 7.91. The Morgan fingerprint density at radius 1 is 1.35 bits per heavy atom. The van der Waals surface area contributed by atoms with E-state index in [1.807, 2.05) is 6.92 Å². The zero-order valence-corrected chi connectivity index (χ0v) is 15.4. The van der Waals surface area contributed by atoms with Crippen LogP contribution in [0.2, 0.25) is 10.0 Å². The summed E-state index contributed by atoms with van der Waals surface area (Å²) in [7, 11) is -3.05. The standard InChI is InChI=1S/C16H21Cl2NO3S/c1-2-3-4-16(20)19(14-7-8-23(21,22)11-14)10-12-5-6-13(17)9-15(12)18/h5-6,9,14H,2-4,7-8,10-11H2,1H3. The van der Waals surface area contributed by atoms with Crippen molar-refractivity contribution < 1.29 is 13.2 Å². The minimum absolute atomic E-state index is 0.0139. The molecule has 4 nitrogen and oxygen atoms in total. The van der Waals surface area contributed by atoms with E-state index >= 15 is 0 Å². The third-order valence-corrected chi connectivity index (χ3v) is 6.41. The van der Waals surface area contributed by atoms with Gasteiger partial charge in [-0.2, -0.15) is 0 Å². The summed E-state index contributed by atoms with van der Waals surface area (Å²) < 4.78 is 23.5. The number of carbonyl (C=O) groups is 1. The van der Waals surface area contributed by atoms with Crippen LogP contribution in [0.25, 0.3) is 0 Å². The Morgan fingerprint density at radius 3 is 2.65 bits per heavy atom. The van der Waals surface area contributed by atoms with E-state index in [1.165, 1.54) is 0 Å². The molecule has 1 aliphatic rings. The Labute approximate surface area is 147 Å². The molecule has 1 atom stereocenters. The quantitative estimate of drug-likeness (QED) is 0.759. The van der Waals surface area contributed by atoms with Crippen molar-refractivity contribution in [3.8, 4) is 0 Å². The highest BCUT2D eigenvalue weighted by Crippen LogP contribution is 2.26. The summed E-state index contributed by atoms with van der Waals surface area (Å²) in [4.78, 5) is 14.2. The molecular weight excluding hydrogens is 357 g/mol. The van der Waals surface area contributed by atoms with Crippen LogP contribution < -0.4 is 0 Å². The van der Waals surface area contributed by atoms with E-state index in [-0.39, 0.29) is 23.5 Å². The summed E-state index contributed by atoms with van der Waals surface area (Å²) in [5, 5.41) is 1.03. The van der Waals surface area contributed by atoms with Crippen LogP contribution in [0.15, 0.2) is 18.2 Å². The number of halogens is 2. The van der Waals surface area contributed by atoms with Crippen molar-refractivity contribution in [3.63, 3.8) is 0 Å². The predicted molar refractivity (Wildman–Crippen MR) is 93.6 cm³/mol. The second-order valence-corrected chi connectivity index (χ2v) is 8.99. The van der Waals surface area contributed by atoms with E-state index in [2.05, 4.69) is 0 Å². The Hall–Kier alpha value is -0.780. The number of rotatable bonds is 6. The Bertz CT molecular complexity index is 676. The van der Waals surface area contributed by atoms with Gasteiger partial charge in [0.25, 0.3) is 0 Å². The molecule has 1 heterocycles. The highest BCUT2D eigenvalue weighted by atomic mass is 35.5. The summed E-state index contributed by atoms with van der Waals surface area (Å²) in [6.45, 7) is 2.34. The van der Waals surface area contributed by atoms with Crippen LogP contribution >= 0.6 is 23.2 Å². The number of hydrogen-bond acceptors (Lipinski definition) is 3. The molecule has 0 spiro atoms. The van der Waals surface area contributed by atoms with E-state index in [4.69, 9.17) is 23.2 Å². The molecule has 2 rings (SSSR count). The molecule has 7 heteroatoms. The first-order valence-electron chi connectivity index (χ1n) is 7.76. The third kappa shape index (κ3) is 5.10. The van der Waals surface area contributed by atoms with Crippen molar-refractivity contribution in [1.82, 2.24) is 4.90 Å². The van der Waals surface area contributed by atoms with E-state index in [9.17, 15) is 13.2 Å². The average Bonchev–Trinajstić information content (AvgIpc) is 2.84. The molecule has 0 N–H and O–H groups in total. The minimum Gasteiger partial charge on any atom is -0.334 e. The van der Waals surface area contributed by atoms with Gasteiger partial charge in [-0.3, -0.25) is 4.79 Å². The number of amides is 1. The second kappa shape index (κ2) is 7.86. The molecule has 1 fully saturated rings. The van der Waals surface area contributed by atoms with Crippen molar-refractivity contribution in [1.29, 1.82) is 0 Å². The van der Waals surface area contributed by atoms with Crippen LogP contribution in [0.5, 0.6) is 0 Å². The van der Waals surface area contributed by atoms with E-state index in [0.29, 0.717) is 29.4 Å². The molecule has 1 amide bonds. The number of unbranched alkanes of at least 4 members (excludes halogenated alkanes) is 1.